The van der Waals surface area contributed by atoms with Crippen molar-refractivity contribution in [2.24, 2.45) is 0 Å². The van der Waals surface area contributed by atoms with E-state index in [1.807, 2.05) is 12.1 Å². The van der Waals surface area contributed by atoms with Crippen molar-refractivity contribution in [2.45, 2.75) is 32.1 Å². The number of aryl methyl sites for hydroxylation is 2. The molecular weight excluding hydrogens is 410 g/mol. The zero-order valence-electron chi connectivity index (χ0n) is 16.1. The highest BCUT2D eigenvalue weighted by atomic mass is 35.5. The number of benzene rings is 1. The molecule has 0 unspecified atom stereocenters. The van der Waals surface area contributed by atoms with Gasteiger partial charge >= 0.3 is 0 Å². The third-order valence-electron chi connectivity index (χ3n) is 5.07. The van der Waals surface area contributed by atoms with Crippen LogP contribution < -0.4 is 10.9 Å². The second-order valence-corrected chi connectivity index (χ2v) is 8.58. The SMILES string of the molecule is O=c1c2c3c(sc2nc(NCCOCCO)n1-c1cccc(Cl)c1)CCCCC3. The lowest BCUT2D eigenvalue weighted by atomic mass is 10.1. The van der Waals surface area contributed by atoms with E-state index in [9.17, 15) is 4.79 Å². The van der Waals surface area contributed by atoms with Gasteiger partial charge in [-0.1, -0.05) is 24.1 Å². The van der Waals surface area contributed by atoms with Gasteiger partial charge in [-0.2, -0.15) is 0 Å². The van der Waals surface area contributed by atoms with Crippen molar-refractivity contribution >= 4 is 39.1 Å². The first-order valence-corrected chi connectivity index (χ1v) is 11.1. The fourth-order valence-corrected chi connectivity index (χ4v) is 5.19. The molecule has 1 aliphatic rings. The van der Waals surface area contributed by atoms with Gasteiger partial charge in [0.05, 0.1) is 30.9 Å². The van der Waals surface area contributed by atoms with Gasteiger partial charge in [-0.25, -0.2) is 9.55 Å². The first-order valence-electron chi connectivity index (χ1n) is 9.94. The lowest BCUT2D eigenvalue weighted by molar-refractivity contribution is 0.0991. The standard InChI is InChI=1S/C21H24ClN3O3S/c22-14-5-4-6-15(13-14)25-20(27)18-16-7-2-1-3-8-17(16)29-19(18)24-21(25)23-9-11-28-12-10-26/h4-6,13,26H,1-3,7-12H2,(H,23,24). The zero-order valence-corrected chi connectivity index (χ0v) is 17.7. The largest absolute Gasteiger partial charge is 0.394 e. The van der Waals surface area contributed by atoms with E-state index in [-0.39, 0.29) is 18.8 Å². The number of rotatable bonds is 7. The summed E-state index contributed by atoms with van der Waals surface area (Å²) in [5.41, 5.74) is 1.80. The van der Waals surface area contributed by atoms with Crippen LogP contribution in [0, 0.1) is 0 Å². The highest BCUT2D eigenvalue weighted by Crippen LogP contribution is 2.34. The molecule has 1 aliphatic carbocycles. The molecular formula is C21H24ClN3O3S. The minimum absolute atomic E-state index is 0.0157. The topological polar surface area (TPSA) is 76.4 Å². The number of aromatic nitrogens is 2. The number of anilines is 1. The molecule has 0 fully saturated rings. The van der Waals surface area contributed by atoms with Crippen molar-refractivity contribution in [2.75, 3.05) is 31.7 Å². The molecule has 29 heavy (non-hydrogen) atoms. The molecule has 0 saturated carbocycles. The maximum absolute atomic E-state index is 13.6. The molecule has 8 heteroatoms. The third kappa shape index (κ3) is 4.33. The summed E-state index contributed by atoms with van der Waals surface area (Å²) in [6, 6.07) is 7.25. The molecule has 2 N–H and O–H groups in total. The highest BCUT2D eigenvalue weighted by molar-refractivity contribution is 7.18. The minimum Gasteiger partial charge on any atom is -0.394 e. The molecule has 6 nitrogen and oxygen atoms in total. The zero-order chi connectivity index (χ0) is 20.2. The summed E-state index contributed by atoms with van der Waals surface area (Å²) < 4.78 is 6.93. The third-order valence-corrected chi connectivity index (χ3v) is 6.49. The van der Waals surface area contributed by atoms with Crippen LogP contribution in [0.2, 0.25) is 5.02 Å². The first kappa shape index (κ1) is 20.3. The molecule has 0 atom stereocenters. The Hall–Kier alpha value is -1.93. The molecule has 2 heterocycles. The van der Waals surface area contributed by atoms with E-state index in [0.717, 1.165) is 35.9 Å². The number of nitrogens with zero attached hydrogens (tertiary/aromatic N) is 2. The maximum Gasteiger partial charge on any atom is 0.268 e. The minimum atomic E-state index is -0.0598. The number of aliphatic hydroxyl groups excluding tert-OH is 1. The van der Waals surface area contributed by atoms with Gasteiger partial charge in [0, 0.05) is 16.4 Å². The molecule has 0 radical (unpaired) electrons. The van der Waals surface area contributed by atoms with Crippen LogP contribution in [0.3, 0.4) is 0 Å². The van der Waals surface area contributed by atoms with Gasteiger partial charge in [0.15, 0.2) is 0 Å². The lowest BCUT2D eigenvalue weighted by Crippen LogP contribution is -2.25. The molecule has 3 aromatic rings. The van der Waals surface area contributed by atoms with Crippen molar-refractivity contribution in [3.63, 3.8) is 0 Å². The monoisotopic (exact) mass is 433 g/mol. The van der Waals surface area contributed by atoms with Crippen LogP contribution in [-0.2, 0) is 17.6 Å². The molecule has 0 amide bonds. The molecule has 1 aromatic carbocycles. The van der Waals surface area contributed by atoms with Crippen LogP contribution in [0.15, 0.2) is 29.1 Å². The highest BCUT2D eigenvalue weighted by Gasteiger charge is 2.22. The number of thiophene rings is 1. The number of hydrogen-bond acceptors (Lipinski definition) is 6. The Morgan fingerprint density at radius 2 is 2.10 bits per heavy atom. The van der Waals surface area contributed by atoms with E-state index in [1.54, 1.807) is 28.0 Å². The molecule has 0 saturated heterocycles. The fraction of sp³-hybridized carbons (Fsp3) is 0.429. The maximum atomic E-state index is 13.6. The lowest BCUT2D eigenvalue weighted by Gasteiger charge is -2.14. The van der Waals surface area contributed by atoms with Crippen molar-refractivity contribution in [1.82, 2.24) is 9.55 Å². The smallest absolute Gasteiger partial charge is 0.268 e. The summed E-state index contributed by atoms with van der Waals surface area (Å²) in [6.07, 6.45) is 5.42. The summed E-state index contributed by atoms with van der Waals surface area (Å²) in [5, 5.41) is 13.4. The predicted molar refractivity (Wildman–Crippen MR) is 118 cm³/mol. The van der Waals surface area contributed by atoms with E-state index < -0.39 is 0 Å². The van der Waals surface area contributed by atoms with Gasteiger partial charge in [0.1, 0.15) is 4.83 Å². The molecule has 0 spiro atoms. The quantitative estimate of drug-likeness (QED) is 0.438. The molecule has 154 valence electrons. The van der Waals surface area contributed by atoms with Crippen LogP contribution in [0.4, 0.5) is 5.95 Å². The van der Waals surface area contributed by atoms with Crippen molar-refractivity contribution in [3.05, 3.63) is 50.1 Å². The van der Waals surface area contributed by atoms with Crippen molar-refractivity contribution in [3.8, 4) is 5.69 Å². The second-order valence-electron chi connectivity index (χ2n) is 7.06. The summed E-state index contributed by atoms with van der Waals surface area (Å²) in [7, 11) is 0. The van der Waals surface area contributed by atoms with E-state index in [0.29, 0.717) is 29.8 Å². The molecule has 2 aromatic heterocycles. The van der Waals surface area contributed by atoms with Crippen LogP contribution in [-0.4, -0.2) is 41.0 Å². The first-order chi connectivity index (χ1) is 14.2. The summed E-state index contributed by atoms with van der Waals surface area (Å²) in [6.45, 7) is 1.15. The average Bonchev–Trinajstić information content (AvgIpc) is 2.89. The number of aliphatic hydroxyl groups is 1. The number of nitrogens with one attached hydrogen (secondary N) is 1. The van der Waals surface area contributed by atoms with Crippen LogP contribution in [0.25, 0.3) is 15.9 Å². The Morgan fingerprint density at radius 1 is 1.24 bits per heavy atom. The normalized spacial score (nSPS) is 14.0. The van der Waals surface area contributed by atoms with Crippen LogP contribution in [0.1, 0.15) is 29.7 Å². The summed E-state index contributed by atoms with van der Waals surface area (Å²) in [5.74, 6) is 0.480. The van der Waals surface area contributed by atoms with Crippen molar-refractivity contribution < 1.29 is 9.84 Å². The second kappa shape index (κ2) is 9.26. The van der Waals surface area contributed by atoms with Gasteiger partial charge in [-0.05, 0) is 49.4 Å². The summed E-state index contributed by atoms with van der Waals surface area (Å²) >= 11 is 7.84. The predicted octanol–water partition coefficient (Wildman–Crippen LogP) is 3.79. The number of fused-ring (bicyclic) bond motifs is 3. The van der Waals surface area contributed by atoms with Crippen LogP contribution >= 0.6 is 22.9 Å². The van der Waals surface area contributed by atoms with E-state index >= 15 is 0 Å². The molecule has 0 aliphatic heterocycles. The van der Waals surface area contributed by atoms with Gasteiger partial charge in [-0.15, -0.1) is 11.3 Å². The molecule has 4 rings (SSSR count). The Labute approximate surface area is 178 Å². The van der Waals surface area contributed by atoms with Crippen molar-refractivity contribution in [1.29, 1.82) is 0 Å². The van der Waals surface area contributed by atoms with Gasteiger partial charge in [0.2, 0.25) is 5.95 Å². The summed E-state index contributed by atoms with van der Waals surface area (Å²) in [4.78, 5) is 20.5. The average molecular weight is 434 g/mol. The Kier molecular flexibility index (Phi) is 6.50. The van der Waals surface area contributed by atoms with Crippen LogP contribution in [0.5, 0.6) is 0 Å². The van der Waals surface area contributed by atoms with Gasteiger partial charge in [-0.3, -0.25) is 4.79 Å². The Bertz CT molecular complexity index is 1060. The van der Waals surface area contributed by atoms with E-state index in [2.05, 4.69) is 5.32 Å². The van der Waals surface area contributed by atoms with Gasteiger partial charge in [0.25, 0.3) is 5.56 Å². The van der Waals surface area contributed by atoms with E-state index in [1.165, 1.54) is 16.9 Å². The van der Waals surface area contributed by atoms with Gasteiger partial charge < -0.3 is 15.2 Å². The van der Waals surface area contributed by atoms with E-state index in [4.69, 9.17) is 26.4 Å². The Balaban J connectivity index is 1.81. The fourth-order valence-electron chi connectivity index (χ4n) is 3.76. The molecule has 0 bridgehead atoms. The number of hydrogen-bond donors (Lipinski definition) is 2. The Morgan fingerprint density at radius 3 is 2.93 bits per heavy atom. The number of ether oxygens (including phenoxy) is 1. The number of halogens is 1.